The molecule has 2 aromatic rings. The molecule has 0 spiro atoms. The Morgan fingerprint density at radius 1 is 0.929 bits per heavy atom. The van der Waals surface area contributed by atoms with E-state index in [9.17, 15) is 0 Å². The zero-order valence-corrected chi connectivity index (χ0v) is 22.2. The number of halogens is 3. The molecule has 1 aliphatic rings. The minimum absolute atomic E-state index is 0. The molecular formula is C23H29Cl3SiTi. The molecule has 0 aliphatic heterocycles. The summed E-state index contributed by atoms with van der Waals surface area (Å²) in [5.41, 5.74) is 7.35. The van der Waals surface area contributed by atoms with Crippen LogP contribution in [-0.2, 0) is 23.8 Å². The van der Waals surface area contributed by atoms with Gasteiger partial charge in [-0.2, -0.15) is 0 Å². The predicted octanol–water partition coefficient (Wildman–Crippen LogP) is -3.20. The molecule has 0 fully saturated rings. The van der Waals surface area contributed by atoms with Crippen molar-refractivity contribution >= 4 is 19.3 Å². The second-order valence-corrected chi connectivity index (χ2v) is 14.4. The molecule has 0 saturated carbocycles. The Labute approximate surface area is 202 Å². The number of aryl methyl sites for hydroxylation is 2. The van der Waals surface area contributed by atoms with Gasteiger partial charge in [0.05, 0.1) is 0 Å². The van der Waals surface area contributed by atoms with E-state index in [1.54, 1.807) is 16.3 Å². The summed E-state index contributed by atoms with van der Waals surface area (Å²) in [7, 11) is -1.78. The van der Waals surface area contributed by atoms with E-state index >= 15 is 0 Å². The Balaban J connectivity index is 0.00000243. The second kappa shape index (κ2) is 10.8. The van der Waals surface area contributed by atoms with E-state index in [-0.39, 0.29) is 40.6 Å². The van der Waals surface area contributed by atoms with Crippen molar-refractivity contribution in [3.63, 3.8) is 0 Å². The summed E-state index contributed by atoms with van der Waals surface area (Å²) in [6, 6.07) is 17.7. The molecule has 0 amide bonds. The van der Waals surface area contributed by atoms with Crippen molar-refractivity contribution in [1.82, 2.24) is 0 Å². The van der Waals surface area contributed by atoms with Crippen LogP contribution in [0, 0.1) is 13.8 Å². The zero-order chi connectivity index (χ0) is 18.2. The fourth-order valence-electron chi connectivity index (χ4n) is 4.62. The molecule has 0 saturated heterocycles. The van der Waals surface area contributed by atoms with Gasteiger partial charge >= 0.3 is 167 Å². The van der Waals surface area contributed by atoms with Crippen molar-refractivity contribution in [3.05, 3.63) is 70.3 Å². The Kier molecular flexibility index (Phi) is 10.8. The number of benzene rings is 2. The molecule has 28 heavy (non-hydrogen) atoms. The Hall–Kier alpha value is -0.0188. The average Bonchev–Trinajstić information content (AvgIpc) is 2.84. The van der Waals surface area contributed by atoms with Crippen molar-refractivity contribution in [2.45, 2.75) is 56.5 Å². The van der Waals surface area contributed by atoms with Crippen LogP contribution in [0.3, 0.4) is 0 Å². The van der Waals surface area contributed by atoms with E-state index in [1.165, 1.54) is 35.6 Å². The molecule has 2 unspecified atom stereocenters. The van der Waals surface area contributed by atoms with Crippen LogP contribution in [0.5, 0.6) is 0 Å². The minimum atomic E-state index is -1.78. The number of allylic oxidation sites excluding steroid dienone is 1. The molecule has 2 atom stereocenters. The van der Waals surface area contributed by atoms with Gasteiger partial charge in [0.25, 0.3) is 0 Å². The van der Waals surface area contributed by atoms with Crippen LogP contribution in [0.4, 0.5) is 0 Å². The fraction of sp³-hybridized carbons (Fsp3) is 0.391. The average molecular weight is 488 g/mol. The maximum atomic E-state index is 2.64. The van der Waals surface area contributed by atoms with Gasteiger partial charge in [-0.1, -0.05) is 0 Å². The summed E-state index contributed by atoms with van der Waals surface area (Å²) < 4.78 is 0.180. The van der Waals surface area contributed by atoms with Crippen LogP contribution >= 0.6 is 0 Å². The smallest absolute Gasteiger partial charge is 1.00 e. The second-order valence-electron chi connectivity index (χ2n) is 7.98. The molecule has 2 aromatic carbocycles. The van der Waals surface area contributed by atoms with Gasteiger partial charge in [0.1, 0.15) is 0 Å². The van der Waals surface area contributed by atoms with Gasteiger partial charge in [-0.3, -0.25) is 0 Å². The van der Waals surface area contributed by atoms with E-state index in [2.05, 4.69) is 103 Å². The normalized spacial score (nSPS) is 19.3. The maximum Gasteiger partial charge on any atom is -1.00 e. The first kappa shape index (κ1) is 28.0. The standard InChI is InChI=1S/C23H29Si.3ClH.Ti/c1-6-7-12-24(5,21-14-17(2)13-18(3)15-21)23-19(4)16-20-10-8-9-11-22(20)23;;;;/h8-11,13-16H,6-7,12H2,1-5H3;3*1H;/q;;;;+3/p-3. The van der Waals surface area contributed by atoms with E-state index in [4.69, 9.17) is 0 Å². The third-order valence-electron chi connectivity index (χ3n) is 6.05. The minimum Gasteiger partial charge on any atom is -1.00 e. The summed E-state index contributed by atoms with van der Waals surface area (Å²) in [6.07, 6.45) is 5.03. The van der Waals surface area contributed by atoms with Crippen molar-refractivity contribution in [2.24, 2.45) is 0 Å². The first-order chi connectivity index (χ1) is 11.8. The number of rotatable bonds is 5. The molecule has 0 aromatic heterocycles. The number of hydrogen-bond acceptors (Lipinski definition) is 0. The van der Waals surface area contributed by atoms with Gasteiger partial charge in [0, 0.05) is 0 Å². The summed E-state index contributed by atoms with van der Waals surface area (Å²) in [6.45, 7) is 11.8. The first-order valence-corrected chi connectivity index (χ1v) is 12.9. The predicted molar refractivity (Wildman–Crippen MR) is 109 cm³/mol. The molecule has 0 bridgehead atoms. The summed E-state index contributed by atoms with van der Waals surface area (Å²) in [4.78, 5) is 0. The molecular weight excluding hydrogens is 459 g/mol. The van der Waals surface area contributed by atoms with Crippen LogP contribution in [0.2, 0.25) is 12.6 Å². The number of hydrogen-bond donors (Lipinski definition) is 0. The topological polar surface area (TPSA) is 0 Å². The molecule has 0 heterocycles. The van der Waals surface area contributed by atoms with Gasteiger partial charge in [0.2, 0.25) is 0 Å². The van der Waals surface area contributed by atoms with Crippen molar-refractivity contribution in [3.8, 4) is 0 Å². The zero-order valence-electron chi connectivity index (χ0n) is 17.4. The van der Waals surface area contributed by atoms with Crippen LogP contribution < -0.4 is 42.4 Å². The van der Waals surface area contributed by atoms with E-state index in [1.807, 2.05) is 0 Å². The quantitative estimate of drug-likeness (QED) is 0.390. The SMILES string of the molecule is CCCC[Si](C)(c1cc(C)cc(C)c1)[C]1([Ti+3])C(C)=Cc2ccccc21.[Cl-].[Cl-].[Cl-]. The van der Waals surface area contributed by atoms with Crippen LogP contribution in [0.1, 0.15) is 48.9 Å². The molecule has 3 rings (SSSR count). The third kappa shape index (κ3) is 4.66. The van der Waals surface area contributed by atoms with E-state index in [0.29, 0.717) is 0 Å². The Bertz CT molecular complexity index is 816. The van der Waals surface area contributed by atoms with Crippen LogP contribution in [0.15, 0.2) is 48.0 Å². The van der Waals surface area contributed by atoms with E-state index < -0.39 is 8.07 Å². The summed E-state index contributed by atoms with van der Waals surface area (Å²) in [5.74, 6) is 0. The largest absolute Gasteiger partial charge is 1.00 e. The molecule has 150 valence electrons. The Morgan fingerprint density at radius 2 is 1.50 bits per heavy atom. The molecule has 0 radical (unpaired) electrons. The molecule has 0 nitrogen and oxygen atoms in total. The van der Waals surface area contributed by atoms with Crippen molar-refractivity contribution < 1.29 is 57.7 Å². The van der Waals surface area contributed by atoms with Crippen molar-refractivity contribution in [1.29, 1.82) is 0 Å². The van der Waals surface area contributed by atoms with Crippen molar-refractivity contribution in [2.75, 3.05) is 0 Å². The van der Waals surface area contributed by atoms with Crippen LogP contribution in [-0.4, -0.2) is 8.07 Å². The Morgan fingerprint density at radius 3 is 2.07 bits per heavy atom. The third-order valence-corrected chi connectivity index (χ3v) is 14.9. The van der Waals surface area contributed by atoms with Crippen LogP contribution in [0.25, 0.3) is 6.08 Å². The summed E-state index contributed by atoms with van der Waals surface area (Å²) >= 11 is 2.53. The molecule has 1 aliphatic carbocycles. The number of fused-ring (bicyclic) bond motifs is 1. The number of unbranched alkanes of at least 4 members (excludes halogenated alkanes) is 1. The summed E-state index contributed by atoms with van der Waals surface area (Å²) in [5, 5.41) is 1.63. The maximum absolute atomic E-state index is 2.64. The molecule has 0 N–H and O–H groups in total. The van der Waals surface area contributed by atoms with Gasteiger partial charge < -0.3 is 37.2 Å². The van der Waals surface area contributed by atoms with Gasteiger partial charge in [-0.25, -0.2) is 0 Å². The fourth-order valence-corrected chi connectivity index (χ4v) is 11.4. The molecule has 5 heteroatoms. The first-order valence-electron chi connectivity index (χ1n) is 9.45. The van der Waals surface area contributed by atoms with E-state index in [0.717, 1.165) is 0 Å². The van der Waals surface area contributed by atoms with Gasteiger partial charge in [0.15, 0.2) is 0 Å². The van der Waals surface area contributed by atoms with Gasteiger partial charge in [-0.15, -0.1) is 0 Å². The van der Waals surface area contributed by atoms with Gasteiger partial charge in [-0.05, 0) is 0 Å². The monoisotopic (exact) mass is 486 g/mol.